The number of halogens is 2. The number of hydrogen-bond donors (Lipinski definition) is 1. The highest BCUT2D eigenvalue weighted by Gasteiger charge is 2.22. The molecule has 1 aromatic heterocycles. The van der Waals surface area contributed by atoms with Crippen LogP contribution < -0.4 is 5.32 Å². The average molecular weight is 449 g/mol. The highest BCUT2D eigenvalue weighted by atomic mass is 35.5. The number of rotatable bonds is 7. The molecule has 0 bridgehead atoms. The van der Waals surface area contributed by atoms with Gasteiger partial charge in [0, 0.05) is 17.2 Å². The average Bonchev–Trinajstić information content (AvgIpc) is 3.11. The molecule has 1 N–H and O–H groups in total. The predicted octanol–water partition coefficient (Wildman–Crippen LogP) is 5.76. The van der Waals surface area contributed by atoms with Gasteiger partial charge in [0.15, 0.2) is 11.0 Å². The molecule has 2 aromatic carbocycles. The molecule has 3 rings (SSSR count). The zero-order chi connectivity index (χ0) is 21.0. The zero-order valence-electron chi connectivity index (χ0n) is 16.4. The van der Waals surface area contributed by atoms with E-state index < -0.39 is 0 Å². The molecule has 8 heteroatoms. The van der Waals surface area contributed by atoms with Crippen LogP contribution in [-0.2, 0) is 10.5 Å². The van der Waals surface area contributed by atoms with Crippen LogP contribution in [0.1, 0.15) is 43.3 Å². The number of carbonyl (C=O) groups is 1. The highest BCUT2D eigenvalue weighted by Crippen LogP contribution is 2.32. The van der Waals surface area contributed by atoms with Crippen molar-refractivity contribution in [3.63, 3.8) is 0 Å². The second-order valence-corrected chi connectivity index (χ2v) is 8.42. The number of benzene rings is 2. The minimum Gasteiger partial charge on any atom is -0.346 e. The molecule has 1 amide bonds. The first-order valence-corrected chi connectivity index (χ1v) is 11.0. The quantitative estimate of drug-likeness (QED) is 0.466. The second-order valence-electron chi connectivity index (χ2n) is 6.63. The van der Waals surface area contributed by atoms with Crippen molar-refractivity contribution in [3.05, 3.63) is 69.5 Å². The van der Waals surface area contributed by atoms with Crippen molar-refractivity contribution in [2.45, 2.75) is 44.1 Å². The van der Waals surface area contributed by atoms with Gasteiger partial charge in [-0.2, -0.15) is 0 Å². The van der Waals surface area contributed by atoms with Crippen LogP contribution in [0.25, 0.3) is 5.69 Å². The Balaban J connectivity index is 1.99. The van der Waals surface area contributed by atoms with Crippen LogP contribution in [0.2, 0.25) is 10.0 Å². The van der Waals surface area contributed by atoms with E-state index in [9.17, 15) is 4.79 Å². The molecule has 0 aliphatic heterocycles. The van der Waals surface area contributed by atoms with Crippen LogP contribution in [0.5, 0.6) is 0 Å². The third-order valence-corrected chi connectivity index (χ3v) is 6.03. The van der Waals surface area contributed by atoms with Gasteiger partial charge in [0.25, 0.3) is 0 Å². The van der Waals surface area contributed by atoms with Crippen molar-refractivity contribution in [1.29, 1.82) is 0 Å². The molecule has 1 atom stereocenters. The number of aryl methyl sites for hydroxylation is 1. The molecule has 1 heterocycles. The fourth-order valence-electron chi connectivity index (χ4n) is 2.87. The summed E-state index contributed by atoms with van der Waals surface area (Å²) in [5, 5.41) is 13.4. The lowest BCUT2D eigenvalue weighted by molar-refractivity contribution is -0.121. The summed E-state index contributed by atoms with van der Waals surface area (Å²) in [4.78, 5) is 11.9. The molecule has 0 saturated carbocycles. The van der Waals surface area contributed by atoms with Gasteiger partial charge in [-0.05, 0) is 43.2 Å². The monoisotopic (exact) mass is 448 g/mol. The van der Waals surface area contributed by atoms with E-state index in [1.54, 1.807) is 23.9 Å². The molecule has 1 unspecified atom stereocenters. The summed E-state index contributed by atoms with van der Waals surface area (Å²) in [7, 11) is 0. The fourth-order valence-corrected chi connectivity index (χ4v) is 4.39. The molecule has 5 nitrogen and oxygen atoms in total. The number of thioether (sulfide) groups is 1. The first-order valence-electron chi connectivity index (χ1n) is 9.28. The number of aromatic nitrogens is 3. The van der Waals surface area contributed by atoms with Crippen molar-refractivity contribution in [3.8, 4) is 5.69 Å². The summed E-state index contributed by atoms with van der Waals surface area (Å²) in [6.45, 7) is 5.78. The third kappa shape index (κ3) is 5.13. The Labute approximate surface area is 184 Å². The van der Waals surface area contributed by atoms with E-state index in [0.29, 0.717) is 27.4 Å². The van der Waals surface area contributed by atoms with E-state index in [1.807, 2.05) is 36.6 Å². The first-order chi connectivity index (χ1) is 13.9. The largest absolute Gasteiger partial charge is 0.346 e. The van der Waals surface area contributed by atoms with Crippen LogP contribution in [0, 0.1) is 6.92 Å². The predicted molar refractivity (Wildman–Crippen MR) is 119 cm³/mol. The summed E-state index contributed by atoms with van der Waals surface area (Å²) in [5.41, 5.74) is 3.17. The number of nitrogens with one attached hydrogen (secondary N) is 1. The van der Waals surface area contributed by atoms with Gasteiger partial charge >= 0.3 is 0 Å². The van der Waals surface area contributed by atoms with Gasteiger partial charge in [0.1, 0.15) is 0 Å². The molecule has 29 heavy (non-hydrogen) atoms. The Kier molecular flexibility index (Phi) is 7.22. The van der Waals surface area contributed by atoms with Gasteiger partial charge in [-0.3, -0.25) is 9.36 Å². The Hall–Kier alpha value is -2.02. The van der Waals surface area contributed by atoms with Crippen molar-refractivity contribution >= 4 is 40.9 Å². The van der Waals surface area contributed by atoms with Gasteiger partial charge in [-0.15, -0.1) is 10.2 Å². The molecule has 0 saturated heterocycles. The summed E-state index contributed by atoms with van der Waals surface area (Å²) in [6, 6.07) is 13.2. The fraction of sp³-hybridized carbons (Fsp3) is 0.286. The summed E-state index contributed by atoms with van der Waals surface area (Å²) < 4.78 is 1.89. The minimum absolute atomic E-state index is 0.0524. The lowest BCUT2D eigenvalue weighted by atomic mass is 10.1. The molecule has 152 valence electrons. The van der Waals surface area contributed by atoms with Crippen LogP contribution in [0.4, 0.5) is 0 Å². The van der Waals surface area contributed by atoms with Gasteiger partial charge in [-0.1, -0.05) is 66.2 Å². The van der Waals surface area contributed by atoms with Crippen molar-refractivity contribution in [2.75, 3.05) is 0 Å². The summed E-state index contributed by atoms with van der Waals surface area (Å²) in [6.07, 6.45) is 0.398. The van der Waals surface area contributed by atoms with E-state index in [1.165, 1.54) is 11.1 Å². The lowest BCUT2D eigenvalue weighted by Gasteiger charge is -2.17. The van der Waals surface area contributed by atoms with Gasteiger partial charge in [0.2, 0.25) is 5.91 Å². The maximum absolute atomic E-state index is 11.9. The van der Waals surface area contributed by atoms with E-state index in [2.05, 4.69) is 34.6 Å². The smallest absolute Gasteiger partial charge is 0.220 e. The first kappa shape index (κ1) is 21.7. The SMILES string of the molecule is CCC(=O)NC(C)c1nnc(SCc2ccccc2C)n1-c1ccc(Cl)cc1Cl. The standard InChI is InChI=1S/C21H22Cl2N4OS/c1-4-19(28)24-14(3)20-25-26-21(29-12-15-8-6-5-7-13(15)2)27(20)18-10-9-16(22)11-17(18)23/h5-11,14H,4,12H2,1-3H3,(H,24,28). The number of amides is 1. The van der Waals surface area contributed by atoms with E-state index in [0.717, 1.165) is 11.4 Å². The Bertz CT molecular complexity index is 1020. The number of hydrogen-bond acceptors (Lipinski definition) is 4. The Morgan fingerprint density at radius 2 is 1.97 bits per heavy atom. The number of carbonyl (C=O) groups excluding carboxylic acids is 1. The van der Waals surface area contributed by atoms with Crippen LogP contribution >= 0.6 is 35.0 Å². The van der Waals surface area contributed by atoms with Crippen molar-refractivity contribution < 1.29 is 4.79 Å². The molecular formula is C21H22Cl2N4OS. The molecule has 0 radical (unpaired) electrons. The Morgan fingerprint density at radius 1 is 1.21 bits per heavy atom. The lowest BCUT2D eigenvalue weighted by Crippen LogP contribution is -2.27. The van der Waals surface area contributed by atoms with Crippen LogP contribution in [0.15, 0.2) is 47.6 Å². The third-order valence-electron chi connectivity index (χ3n) is 4.51. The van der Waals surface area contributed by atoms with Gasteiger partial charge in [0.05, 0.1) is 16.8 Å². The van der Waals surface area contributed by atoms with Crippen molar-refractivity contribution in [2.24, 2.45) is 0 Å². The second kappa shape index (κ2) is 9.65. The Morgan fingerprint density at radius 3 is 2.66 bits per heavy atom. The van der Waals surface area contributed by atoms with Crippen LogP contribution in [-0.4, -0.2) is 20.7 Å². The van der Waals surface area contributed by atoms with E-state index >= 15 is 0 Å². The van der Waals surface area contributed by atoms with E-state index in [-0.39, 0.29) is 11.9 Å². The summed E-state index contributed by atoms with van der Waals surface area (Å²) in [5.74, 6) is 1.30. The maximum atomic E-state index is 11.9. The highest BCUT2D eigenvalue weighted by molar-refractivity contribution is 7.98. The molecule has 3 aromatic rings. The zero-order valence-corrected chi connectivity index (χ0v) is 18.8. The van der Waals surface area contributed by atoms with Gasteiger partial charge in [-0.25, -0.2) is 0 Å². The normalized spacial score (nSPS) is 12.0. The van der Waals surface area contributed by atoms with Gasteiger partial charge < -0.3 is 5.32 Å². The molecule has 0 aliphatic carbocycles. The molecular weight excluding hydrogens is 427 g/mol. The molecule has 0 spiro atoms. The minimum atomic E-state index is -0.325. The number of nitrogens with zero attached hydrogens (tertiary/aromatic N) is 3. The summed E-state index contributed by atoms with van der Waals surface area (Å²) >= 11 is 14.1. The van der Waals surface area contributed by atoms with E-state index in [4.69, 9.17) is 23.2 Å². The van der Waals surface area contributed by atoms with Crippen LogP contribution in [0.3, 0.4) is 0 Å². The topological polar surface area (TPSA) is 59.8 Å². The molecule has 0 aliphatic rings. The maximum Gasteiger partial charge on any atom is 0.220 e. The van der Waals surface area contributed by atoms with Crippen molar-refractivity contribution in [1.82, 2.24) is 20.1 Å². The molecule has 0 fully saturated rings.